The Bertz CT molecular complexity index is 374. The maximum Gasteiger partial charge on any atom is 0.270 e. The number of rotatable bonds is 2. The Balaban J connectivity index is 2.14. The highest BCUT2D eigenvalue weighted by molar-refractivity contribution is 6.31. The van der Waals surface area contributed by atoms with E-state index in [1.165, 1.54) is 0 Å². The molecule has 0 aliphatic heterocycles. The van der Waals surface area contributed by atoms with Crippen molar-refractivity contribution in [2.75, 3.05) is 0 Å². The summed E-state index contributed by atoms with van der Waals surface area (Å²) in [4.78, 5) is 15.5. The average Bonchev–Trinajstić information content (AvgIpc) is 2.93. The molecule has 1 aromatic heterocycles. The van der Waals surface area contributed by atoms with Gasteiger partial charge in [0.25, 0.3) is 5.91 Å². The van der Waals surface area contributed by atoms with E-state index in [0.717, 1.165) is 18.4 Å². The lowest BCUT2D eigenvalue weighted by Crippen LogP contribution is -2.26. The van der Waals surface area contributed by atoms with Crippen LogP contribution in [0, 0.1) is 6.92 Å². The highest BCUT2D eigenvalue weighted by Gasteiger charge is 2.24. The van der Waals surface area contributed by atoms with E-state index >= 15 is 0 Å². The molecule has 4 heteroatoms. The van der Waals surface area contributed by atoms with E-state index in [1.54, 1.807) is 12.3 Å². The average molecular weight is 211 g/mol. The van der Waals surface area contributed by atoms with E-state index in [1.807, 2.05) is 6.92 Å². The van der Waals surface area contributed by atoms with Gasteiger partial charge in [-0.05, 0) is 31.4 Å². The molecule has 1 aromatic rings. The third-order valence-electron chi connectivity index (χ3n) is 2.18. The van der Waals surface area contributed by atoms with Crippen LogP contribution < -0.4 is 5.32 Å². The zero-order valence-electron chi connectivity index (χ0n) is 7.88. The molecule has 74 valence electrons. The molecule has 0 radical (unpaired) electrons. The third-order valence-corrected chi connectivity index (χ3v) is 2.59. The van der Waals surface area contributed by atoms with Crippen LogP contribution in [0.4, 0.5) is 0 Å². The van der Waals surface area contributed by atoms with Crippen LogP contribution >= 0.6 is 11.6 Å². The number of aromatic nitrogens is 1. The Hall–Kier alpha value is -1.09. The molecule has 0 saturated heterocycles. The molecule has 1 heterocycles. The van der Waals surface area contributed by atoms with Gasteiger partial charge in [0.05, 0.1) is 0 Å². The van der Waals surface area contributed by atoms with Gasteiger partial charge in [-0.2, -0.15) is 0 Å². The second kappa shape index (κ2) is 3.58. The summed E-state index contributed by atoms with van der Waals surface area (Å²) in [6.07, 6.45) is 3.76. The number of aryl methyl sites for hydroxylation is 1. The smallest absolute Gasteiger partial charge is 0.270 e. The molecule has 0 spiro atoms. The van der Waals surface area contributed by atoms with Gasteiger partial charge in [-0.25, -0.2) is 0 Å². The zero-order chi connectivity index (χ0) is 10.1. The molecule has 3 nitrogen and oxygen atoms in total. The van der Waals surface area contributed by atoms with Gasteiger partial charge >= 0.3 is 0 Å². The van der Waals surface area contributed by atoms with Crippen LogP contribution in [0.5, 0.6) is 0 Å². The van der Waals surface area contributed by atoms with Crippen molar-refractivity contribution in [3.05, 3.63) is 28.5 Å². The van der Waals surface area contributed by atoms with E-state index < -0.39 is 0 Å². The highest BCUT2D eigenvalue weighted by Crippen LogP contribution is 2.20. The lowest BCUT2D eigenvalue weighted by Gasteiger charge is -2.03. The quantitative estimate of drug-likeness (QED) is 0.811. The first-order valence-corrected chi connectivity index (χ1v) is 4.97. The fourth-order valence-electron chi connectivity index (χ4n) is 1.11. The molecule has 1 saturated carbocycles. The maximum atomic E-state index is 11.5. The van der Waals surface area contributed by atoms with Gasteiger partial charge in [0.15, 0.2) is 0 Å². The van der Waals surface area contributed by atoms with Gasteiger partial charge in [0.1, 0.15) is 5.69 Å². The third kappa shape index (κ3) is 2.04. The molecule has 1 amide bonds. The van der Waals surface area contributed by atoms with Crippen LogP contribution in [0.2, 0.25) is 5.02 Å². The minimum atomic E-state index is -0.130. The summed E-state index contributed by atoms with van der Waals surface area (Å²) in [7, 11) is 0. The van der Waals surface area contributed by atoms with Crippen LogP contribution in [-0.2, 0) is 0 Å². The van der Waals surface area contributed by atoms with E-state index in [0.29, 0.717) is 16.8 Å². The number of amides is 1. The molecule has 0 unspecified atom stereocenters. The number of nitrogens with zero attached hydrogens (tertiary/aromatic N) is 1. The van der Waals surface area contributed by atoms with Crippen molar-refractivity contribution >= 4 is 17.5 Å². The van der Waals surface area contributed by atoms with E-state index in [-0.39, 0.29) is 5.91 Å². The lowest BCUT2D eigenvalue weighted by atomic mass is 10.2. The summed E-state index contributed by atoms with van der Waals surface area (Å²) in [6, 6.07) is 1.96. The van der Waals surface area contributed by atoms with Crippen molar-refractivity contribution in [2.45, 2.75) is 25.8 Å². The second-order valence-corrected chi connectivity index (χ2v) is 3.97. The molecule has 1 N–H and O–H groups in total. The Morgan fingerprint density at radius 2 is 2.36 bits per heavy atom. The van der Waals surface area contributed by atoms with Crippen molar-refractivity contribution in [3.63, 3.8) is 0 Å². The van der Waals surface area contributed by atoms with Crippen molar-refractivity contribution in [1.29, 1.82) is 0 Å². The number of hydrogen-bond donors (Lipinski definition) is 1. The van der Waals surface area contributed by atoms with Gasteiger partial charge < -0.3 is 5.32 Å². The van der Waals surface area contributed by atoms with E-state index in [2.05, 4.69) is 10.3 Å². The van der Waals surface area contributed by atoms with Gasteiger partial charge in [-0.3, -0.25) is 9.78 Å². The van der Waals surface area contributed by atoms with Crippen molar-refractivity contribution in [3.8, 4) is 0 Å². The minimum Gasteiger partial charge on any atom is -0.348 e. The molecule has 1 aliphatic rings. The summed E-state index contributed by atoms with van der Waals surface area (Å²) in [5, 5.41) is 3.44. The topological polar surface area (TPSA) is 42.0 Å². The number of nitrogens with one attached hydrogen (secondary N) is 1. The number of carbonyl (C=O) groups is 1. The van der Waals surface area contributed by atoms with Gasteiger partial charge in [0, 0.05) is 17.3 Å². The Morgan fingerprint density at radius 1 is 1.64 bits per heavy atom. The first kappa shape index (κ1) is 9.46. The fraction of sp³-hybridized carbons (Fsp3) is 0.400. The van der Waals surface area contributed by atoms with Crippen molar-refractivity contribution in [2.24, 2.45) is 0 Å². The molecular weight excluding hydrogens is 200 g/mol. The minimum absolute atomic E-state index is 0.130. The van der Waals surface area contributed by atoms with Crippen LogP contribution in [-0.4, -0.2) is 16.9 Å². The molecule has 2 rings (SSSR count). The summed E-state index contributed by atoms with van der Waals surface area (Å²) < 4.78 is 0. The SMILES string of the molecule is Cc1cnc(C(=O)NC2CC2)cc1Cl. The molecule has 14 heavy (non-hydrogen) atoms. The van der Waals surface area contributed by atoms with Crippen LogP contribution in [0.1, 0.15) is 28.9 Å². The number of pyridine rings is 1. The standard InChI is InChI=1S/C10H11ClN2O/c1-6-5-12-9(4-8(6)11)10(14)13-7-2-3-7/h4-5,7H,2-3H2,1H3,(H,13,14). The van der Waals surface area contributed by atoms with Crippen LogP contribution in [0.25, 0.3) is 0 Å². The van der Waals surface area contributed by atoms with Crippen molar-refractivity contribution < 1.29 is 4.79 Å². The molecule has 0 bridgehead atoms. The summed E-state index contributed by atoms with van der Waals surface area (Å²) in [5.74, 6) is -0.130. The number of hydrogen-bond acceptors (Lipinski definition) is 2. The normalized spacial score (nSPS) is 15.3. The number of halogens is 1. The van der Waals surface area contributed by atoms with Crippen LogP contribution in [0.3, 0.4) is 0 Å². The second-order valence-electron chi connectivity index (χ2n) is 3.57. The molecule has 1 aliphatic carbocycles. The Kier molecular flexibility index (Phi) is 2.42. The Labute approximate surface area is 87.5 Å². The predicted molar refractivity (Wildman–Crippen MR) is 54.5 cm³/mol. The van der Waals surface area contributed by atoms with Gasteiger partial charge in [0.2, 0.25) is 0 Å². The monoisotopic (exact) mass is 210 g/mol. The molecular formula is C10H11ClN2O. The zero-order valence-corrected chi connectivity index (χ0v) is 8.64. The fourth-order valence-corrected chi connectivity index (χ4v) is 1.26. The van der Waals surface area contributed by atoms with Gasteiger partial charge in [-0.15, -0.1) is 0 Å². The summed E-state index contributed by atoms with van der Waals surface area (Å²) in [6.45, 7) is 1.86. The van der Waals surface area contributed by atoms with E-state index in [9.17, 15) is 4.79 Å². The first-order valence-electron chi connectivity index (χ1n) is 4.60. The predicted octanol–water partition coefficient (Wildman–Crippen LogP) is 1.94. The van der Waals surface area contributed by atoms with E-state index in [4.69, 9.17) is 11.6 Å². The molecule has 0 atom stereocenters. The summed E-state index contributed by atoms with van der Waals surface area (Å²) >= 11 is 5.89. The number of carbonyl (C=O) groups excluding carboxylic acids is 1. The largest absolute Gasteiger partial charge is 0.348 e. The first-order chi connectivity index (χ1) is 6.66. The van der Waals surface area contributed by atoms with Crippen molar-refractivity contribution in [1.82, 2.24) is 10.3 Å². The maximum absolute atomic E-state index is 11.5. The lowest BCUT2D eigenvalue weighted by molar-refractivity contribution is 0.0946. The highest BCUT2D eigenvalue weighted by atomic mass is 35.5. The molecule has 0 aromatic carbocycles. The molecule has 1 fully saturated rings. The van der Waals surface area contributed by atoms with Crippen LogP contribution in [0.15, 0.2) is 12.3 Å². The van der Waals surface area contributed by atoms with Gasteiger partial charge in [-0.1, -0.05) is 11.6 Å². The Morgan fingerprint density at radius 3 is 2.93 bits per heavy atom. The summed E-state index contributed by atoms with van der Waals surface area (Å²) in [5.41, 5.74) is 1.28.